The van der Waals surface area contributed by atoms with Gasteiger partial charge in [-0.05, 0) is 25.1 Å². The normalized spacial score (nSPS) is 10.6. The summed E-state index contributed by atoms with van der Waals surface area (Å²) in [6.07, 6.45) is 0. The molecule has 3 nitrogen and oxygen atoms in total. The number of aromatic hydroxyl groups is 1. The Morgan fingerprint density at radius 1 is 1.13 bits per heavy atom. The number of benzene rings is 1. The van der Waals surface area contributed by atoms with Crippen molar-refractivity contribution in [2.45, 2.75) is 6.92 Å². The molecule has 0 amide bonds. The molecule has 0 radical (unpaired) electrons. The Bertz CT molecular complexity index is 488. The van der Waals surface area contributed by atoms with Gasteiger partial charge in [-0.25, -0.2) is 4.68 Å². The summed E-state index contributed by atoms with van der Waals surface area (Å²) in [6.45, 7) is 1.79. The smallest absolute Gasteiger partial charge is 0.214 e. The first-order valence-corrected chi connectivity index (χ1v) is 5.04. The topological polar surface area (TPSA) is 38.0 Å². The highest BCUT2D eigenvalue weighted by Gasteiger charge is 2.07. The highest BCUT2D eigenvalue weighted by molar-refractivity contribution is 6.34. The van der Waals surface area contributed by atoms with E-state index < -0.39 is 0 Å². The first kappa shape index (κ1) is 10.3. The molecule has 0 fully saturated rings. The Hall–Kier alpha value is -1.19. The Morgan fingerprint density at radius 2 is 1.73 bits per heavy atom. The molecule has 0 spiro atoms. The van der Waals surface area contributed by atoms with Crippen molar-refractivity contribution >= 4 is 23.2 Å². The van der Waals surface area contributed by atoms with Gasteiger partial charge >= 0.3 is 0 Å². The third-order valence-electron chi connectivity index (χ3n) is 1.90. The lowest BCUT2D eigenvalue weighted by Gasteiger charge is -2.04. The number of halogens is 2. The second-order valence-corrected chi connectivity index (χ2v) is 4.06. The van der Waals surface area contributed by atoms with Crippen LogP contribution in [0.3, 0.4) is 0 Å². The van der Waals surface area contributed by atoms with E-state index in [0.717, 1.165) is 5.69 Å². The highest BCUT2D eigenvalue weighted by atomic mass is 35.5. The van der Waals surface area contributed by atoms with Gasteiger partial charge in [0.1, 0.15) is 0 Å². The van der Waals surface area contributed by atoms with Gasteiger partial charge in [-0.3, -0.25) is 0 Å². The van der Waals surface area contributed by atoms with Gasteiger partial charge in [-0.2, -0.15) is 5.10 Å². The molecule has 78 valence electrons. The van der Waals surface area contributed by atoms with E-state index in [0.29, 0.717) is 15.7 Å². The minimum absolute atomic E-state index is 0.0610. The van der Waals surface area contributed by atoms with Crippen molar-refractivity contribution < 1.29 is 5.11 Å². The number of hydrogen-bond donors (Lipinski definition) is 1. The summed E-state index contributed by atoms with van der Waals surface area (Å²) in [7, 11) is 0. The van der Waals surface area contributed by atoms with Gasteiger partial charge in [0.2, 0.25) is 5.88 Å². The quantitative estimate of drug-likeness (QED) is 0.835. The molecular formula is C10H8Cl2N2O. The molecule has 0 atom stereocenters. The number of aryl methyl sites for hydroxylation is 1. The average Bonchev–Trinajstić information content (AvgIpc) is 2.43. The first-order chi connectivity index (χ1) is 7.06. The second-order valence-electron chi connectivity index (χ2n) is 3.18. The van der Waals surface area contributed by atoms with Crippen LogP contribution in [0, 0.1) is 6.92 Å². The van der Waals surface area contributed by atoms with Gasteiger partial charge in [-0.1, -0.05) is 23.2 Å². The summed E-state index contributed by atoms with van der Waals surface area (Å²) in [5.74, 6) is 0.0610. The molecule has 2 aromatic rings. The van der Waals surface area contributed by atoms with Crippen LogP contribution in [0.5, 0.6) is 5.88 Å². The van der Waals surface area contributed by atoms with Crippen LogP contribution in [0.2, 0.25) is 10.0 Å². The van der Waals surface area contributed by atoms with E-state index in [4.69, 9.17) is 23.2 Å². The average molecular weight is 243 g/mol. The van der Waals surface area contributed by atoms with Crippen molar-refractivity contribution in [3.8, 4) is 11.6 Å². The molecule has 5 heteroatoms. The molecule has 0 aliphatic heterocycles. The number of rotatable bonds is 1. The maximum Gasteiger partial charge on any atom is 0.214 e. The zero-order chi connectivity index (χ0) is 11.0. The molecule has 0 unspecified atom stereocenters. The molecule has 0 bridgehead atoms. The summed E-state index contributed by atoms with van der Waals surface area (Å²) in [5.41, 5.74) is 1.36. The van der Waals surface area contributed by atoms with Gasteiger partial charge in [0.05, 0.1) is 11.4 Å². The third-order valence-corrected chi connectivity index (χ3v) is 2.34. The number of hydrogen-bond acceptors (Lipinski definition) is 2. The predicted octanol–water partition coefficient (Wildman–Crippen LogP) is 3.19. The minimum Gasteiger partial charge on any atom is -0.493 e. The van der Waals surface area contributed by atoms with Crippen LogP contribution in [0.1, 0.15) is 5.69 Å². The lowest BCUT2D eigenvalue weighted by atomic mass is 10.3. The van der Waals surface area contributed by atoms with E-state index in [2.05, 4.69) is 5.10 Å². The molecule has 0 saturated heterocycles. The van der Waals surface area contributed by atoms with Gasteiger partial charge in [0, 0.05) is 16.1 Å². The fourth-order valence-corrected chi connectivity index (χ4v) is 1.85. The molecular weight excluding hydrogens is 235 g/mol. The number of nitrogens with zero attached hydrogens (tertiary/aromatic N) is 2. The third kappa shape index (κ3) is 2.08. The summed E-state index contributed by atoms with van der Waals surface area (Å²) < 4.78 is 1.38. The molecule has 0 aliphatic carbocycles. The zero-order valence-corrected chi connectivity index (χ0v) is 9.42. The Balaban J connectivity index is 2.58. The Morgan fingerprint density at radius 3 is 2.20 bits per heavy atom. The van der Waals surface area contributed by atoms with Gasteiger partial charge in [0.25, 0.3) is 0 Å². The fraction of sp³-hybridized carbons (Fsp3) is 0.100. The fourth-order valence-electron chi connectivity index (χ4n) is 1.34. The predicted molar refractivity (Wildman–Crippen MR) is 60.0 cm³/mol. The van der Waals surface area contributed by atoms with E-state index in [1.165, 1.54) is 4.68 Å². The second kappa shape index (κ2) is 3.76. The summed E-state index contributed by atoms with van der Waals surface area (Å²) in [5, 5.41) is 14.7. The van der Waals surface area contributed by atoms with Crippen molar-refractivity contribution in [2.24, 2.45) is 0 Å². The monoisotopic (exact) mass is 242 g/mol. The highest BCUT2D eigenvalue weighted by Crippen LogP contribution is 2.24. The summed E-state index contributed by atoms with van der Waals surface area (Å²) in [4.78, 5) is 0. The van der Waals surface area contributed by atoms with E-state index >= 15 is 0 Å². The first-order valence-electron chi connectivity index (χ1n) is 4.28. The van der Waals surface area contributed by atoms with Gasteiger partial charge in [-0.15, -0.1) is 0 Å². The van der Waals surface area contributed by atoms with Crippen LogP contribution >= 0.6 is 23.2 Å². The molecule has 0 saturated carbocycles. The van der Waals surface area contributed by atoms with E-state index in [1.54, 1.807) is 31.2 Å². The van der Waals surface area contributed by atoms with Crippen LogP contribution in [0.15, 0.2) is 24.3 Å². The van der Waals surface area contributed by atoms with Crippen LogP contribution in [0.4, 0.5) is 0 Å². The van der Waals surface area contributed by atoms with Crippen LogP contribution in [-0.4, -0.2) is 14.9 Å². The van der Waals surface area contributed by atoms with Crippen LogP contribution in [0.25, 0.3) is 5.69 Å². The Kier molecular flexibility index (Phi) is 2.59. The lowest BCUT2D eigenvalue weighted by molar-refractivity contribution is 0.433. The summed E-state index contributed by atoms with van der Waals surface area (Å²) in [6, 6.07) is 6.55. The molecule has 15 heavy (non-hydrogen) atoms. The number of aromatic nitrogens is 2. The molecule has 1 heterocycles. The largest absolute Gasteiger partial charge is 0.493 e. The van der Waals surface area contributed by atoms with Gasteiger partial charge in [0.15, 0.2) is 0 Å². The van der Waals surface area contributed by atoms with Crippen molar-refractivity contribution in [1.82, 2.24) is 9.78 Å². The van der Waals surface area contributed by atoms with Crippen molar-refractivity contribution in [1.29, 1.82) is 0 Å². The molecule has 1 aromatic heterocycles. The van der Waals surface area contributed by atoms with Crippen molar-refractivity contribution in [2.75, 3.05) is 0 Å². The van der Waals surface area contributed by atoms with E-state index in [1.807, 2.05) is 0 Å². The van der Waals surface area contributed by atoms with E-state index in [9.17, 15) is 5.11 Å². The van der Waals surface area contributed by atoms with Gasteiger partial charge < -0.3 is 5.11 Å². The minimum atomic E-state index is 0.0610. The van der Waals surface area contributed by atoms with E-state index in [-0.39, 0.29) is 5.88 Å². The van der Waals surface area contributed by atoms with Crippen LogP contribution in [-0.2, 0) is 0 Å². The SMILES string of the molecule is Cc1cc(O)n(-c2cc(Cl)cc(Cl)c2)n1. The van der Waals surface area contributed by atoms with Crippen LogP contribution < -0.4 is 0 Å². The van der Waals surface area contributed by atoms with Crippen molar-refractivity contribution in [3.63, 3.8) is 0 Å². The molecule has 0 aliphatic rings. The zero-order valence-electron chi connectivity index (χ0n) is 7.91. The maximum absolute atomic E-state index is 9.58. The maximum atomic E-state index is 9.58. The molecule has 2 rings (SSSR count). The lowest BCUT2D eigenvalue weighted by Crippen LogP contribution is -1.96. The Labute approximate surface area is 96.9 Å². The molecule has 1 aromatic carbocycles. The standard InChI is InChI=1S/C10H8Cl2N2O/c1-6-2-10(15)14(13-6)9-4-7(11)3-8(12)5-9/h2-5,15H,1H3. The molecule has 1 N–H and O–H groups in total. The van der Waals surface area contributed by atoms with Crippen molar-refractivity contribution in [3.05, 3.63) is 40.0 Å². The summed E-state index contributed by atoms with van der Waals surface area (Å²) >= 11 is 11.7.